The highest BCUT2D eigenvalue weighted by Crippen LogP contribution is 2.30. The zero-order valence-electron chi connectivity index (χ0n) is 13.9. The lowest BCUT2D eigenvalue weighted by atomic mass is 9.93. The van der Waals surface area contributed by atoms with Gasteiger partial charge < -0.3 is 15.0 Å². The monoisotopic (exact) mass is 377 g/mol. The van der Waals surface area contributed by atoms with Gasteiger partial charge in [0.25, 0.3) is 0 Å². The van der Waals surface area contributed by atoms with E-state index in [1.165, 1.54) is 17.0 Å². The van der Waals surface area contributed by atoms with E-state index >= 15 is 0 Å². The van der Waals surface area contributed by atoms with E-state index in [9.17, 15) is 5.11 Å². The standard InChI is InChI=1S/C18H24BrN3O/c1-11-10-16(22-12(2)4-5-13(22)3)21-18(17(11)19)20-14-6-8-15(23)9-7-14/h4-5,10,14-15,23H,6-9H2,1-3H3,(H,20,21). The van der Waals surface area contributed by atoms with Crippen LogP contribution in [0.25, 0.3) is 5.82 Å². The summed E-state index contributed by atoms with van der Waals surface area (Å²) in [5.41, 5.74) is 3.53. The summed E-state index contributed by atoms with van der Waals surface area (Å²) in [4.78, 5) is 4.85. The molecule has 124 valence electrons. The van der Waals surface area contributed by atoms with E-state index in [2.05, 4.69) is 64.8 Å². The van der Waals surface area contributed by atoms with E-state index in [1.807, 2.05) is 0 Å². The zero-order valence-corrected chi connectivity index (χ0v) is 15.5. The minimum atomic E-state index is -0.136. The van der Waals surface area contributed by atoms with E-state index in [0.717, 1.165) is 41.8 Å². The number of hydrogen-bond acceptors (Lipinski definition) is 3. The number of hydrogen-bond donors (Lipinski definition) is 2. The summed E-state index contributed by atoms with van der Waals surface area (Å²) in [6, 6.07) is 6.72. The average molecular weight is 378 g/mol. The highest BCUT2D eigenvalue weighted by molar-refractivity contribution is 9.10. The van der Waals surface area contributed by atoms with Gasteiger partial charge in [0.15, 0.2) is 0 Å². The first-order valence-electron chi connectivity index (χ1n) is 8.22. The molecule has 2 aromatic heterocycles. The smallest absolute Gasteiger partial charge is 0.143 e. The molecule has 1 aliphatic rings. The third kappa shape index (κ3) is 3.45. The fourth-order valence-electron chi connectivity index (χ4n) is 3.29. The normalized spacial score (nSPS) is 21.4. The lowest BCUT2D eigenvalue weighted by Crippen LogP contribution is -2.28. The van der Waals surface area contributed by atoms with Gasteiger partial charge in [-0.3, -0.25) is 0 Å². The van der Waals surface area contributed by atoms with Gasteiger partial charge in [0.2, 0.25) is 0 Å². The highest BCUT2D eigenvalue weighted by atomic mass is 79.9. The van der Waals surface area contributed by atoms with Crippen LogP contribution < -0.4 is 5.32 Å². The Morgan fingerprint density at radius 3 is 2.35 bits per heavy atom. The van der Waals surface area contributed by atoms with Crippen LogP contribution in [0.15, 0.2) is 22.7 Å². The summed E-state index contributed by atoms with van der Waals surface area (Å²) < 4.78 is 3.20. The molecule has 0 saturated heterocycles. The number of nitrogens with zero attached hydrogens (tertiary/aromatic N) is 2. The molecule has 23 heavy (non-hydrogen) atoms. The molecule has 0 spiro atoms. The van der Waals surface area contributed by atoms with Gasteiger partial charge >= 0.3 is 0 Å². The van der Waals surface area contributed by atoms with Crippen molar-refractivity contribution in [1.29, 1.82) is 0 Å². The van der Waals surface area contributed by atoms with Gasteiger partial charge in [-0.05, 0) is 86.1 Å². The molecule has 0 amide bonds. The summed E-state index contributed by atoms with van der Waals surface area (Å²) in [6.45, 7) is 6.29. The number of pyridine rings is 1. The van der Waals surface area contributed by atoms with Crippen LogP contribution in [-0.2, 0) is 0 Å². The summed E-state index contributed by atoms with van der Waals surface area (Å²) in [6.07, 6.45) is 3.57. The van der Waals surface area contributed by atoms with Crippen molar-refractivity contribution < 1.29 is 5.11 Å². The van der Waals surface area contributed by atoms with Gasteiger partial charge in [0, 0.05) is 17.4 Å². The maximum absolute atomic E-state index is 9.67. The molecule has 0 aliphatic heterocycles. The number of halogens is 1. The van der Waals surface area contributed by atoms with Gasteiger partial charge in [-0.1, -0.05) is 0 Å². The Hall–Kier alpha value is -1.33. The molecule has 0 unspecified atom stereocenters. The third-order valence-corrected chi connectivity index (χ3v) is 5.66. The van der Waals surface area contributed by atoms with Gasteiger partial charge in [0.05, 0.1) is 10.6 Å². The number of aryl methyl sites for hydroxylation is 3. The largest absolute Gasteiger partial charge is 0.393 e. The van der Waals surface area contributed by atoms with Gasteiger partial charge in [-0.15, -0.1) is 0 Å². The molecular formula is C18H24BrN3O. The molecule has 2 heterocycles. The van der Waals surface area contributed by atoms with Crippen LogP contribution in [-0.4, -0.2) is 26.8 Å². The fraction of sp³-hybridized carbons (Fsp3) is 0.500. The van der Waals surface area contributed by atoms with Gasteiger partial charge in [0.1, 0.15) is 11.6 Å². The molecule has 2 aromatic rings. The van der Waals surface area contributed by atoms with Crippen molar-refractivity contribution in [2.75, 3.05) is 5.32 Å². The first-order chi connectivity index (χ1) is 11.0. The second-order valence-electron chi connectivity index (χ2n) is 6.56. The third-order valence-electron chi connectivity index (χ3n) is 4.66. The molecular weight excluding hydrogens is 354 g/mol. The number of anilines is 1. The Morgan fingerprint density at radius 1 is 1.13 bits per heavy atom. The Labute approximate surface area is 146 Å². The molecule has 2 N–H and O–H groups in total. The molecule has 0 atom stereocenters. The van der Waals surface area contributed by atoms with E-state index in [0.29, 0.717) is 6.04 Å². The Kier molecular flexibility index (Phi) is 4.78. The van der Waals surface area contributed by atoms with Crippen molar-refractivity contribution in [1.82, 2.24) is 9.55 Å². The molecule has 4 nitrogen and oxygen atoms in total. The van der Waals surface area contributed by atoms with Crippen molar-refractivity contribution in [3.05, 3.63) is 39.6 Å². The quantitative estimate of drug-likeness (QED) is 0.839. The first kappa shape index (κ1) is 16.5. The van der Waals surface area contributed by atoms with Crippen molar-refractivity contribution in [3.8, 4) is 5.82 Å². The molecule has 1 saturated carbocycles. The van der Waals surface area contributed by atoms with Crippen molar-refractivity contribution in [2.24, 2.45) is 0 Å². The zero-order chi connectivity index (χ0) is 16.6. The Bertz CT molecular complexity index is 683. The molecule has 0 aromatic carbocycles. The molecule has 3 rings (SSSR count). The predicted molar refractivity (Wildman–Crippen MR) is 97.4 cm³/mol. The average Bonchev–Trinajstić information content (AvgIpc) is 2.85. The maximum Gasteiger partial charge on any atom is 0.143 e. The summed E-state index contributed by atoms with van der Waals surface area (Å²) in [5.74, 6) is 1.85. The van der Waals surface area contributed by atoms with E-state index in [4.69, 9.17) is 4.98 Å². The molecule has 0 bridgehead atoms. The lowest BCUT2D eigenvalue weighted by molar-refractivity contribution is 0.126. The van der Waals surface area contributed by atoms with Crippen molar-refractivity contribution >= 4 is 21.7 Å². The maximum atomic E-state index is 9.67. The highest BCUT2D eigenvalue weighted by Gasteiger charge is 2.21. The number of nitrogens with one attached hydrogen (secondary N) is 1. The van der Waals surface area contributed by atoms with Crippen LogP contribution in [0.4, 0.5) is 5.82 Å². The van der Waals surface area contributed by atoms with E-state index in [-0.39, 0.29) is 6.10 Å². The number of aliphatic hydroxyl groups excluding tert-OH is 1. The van der Waals surface area contributed by atoms with Crippen molar-refractivity contribution in [2.45, 2.75) is 58.6 Å². The van der Waals surface area contributed by atoms with Crippen LogP contribution in [0.1, 0.15) is 42.6 Å². The van der Waals surface area contributed by atoms with E-state index < -0.39 is 0 Å². The first-order valence-corrected chi connectivity index (χ1v) is 9.02. The summed E-state index contributed by atoms with van der Waals surface area (Å²) in [5, 5.41) is 13.2. The second kappa shape index (κ2) is 6.65. The number of aromatic nitrogens is 2. The molecule has 5 heteroatoms. The SMILES string of the molecule is Cc1cc(-n2c(C)ccc2C)nc(NC2CCC(O)CC2)c1Br. The molecule has 1 fully saturated rings. The van der Waals surface area contributed by atoms with Gasteiger partial charge in [-0.2, -0.15) is 0 Å². The minimum Gasteiger partial charge on any atom is -0.393 e. The lowest BCUT2D eigenvalue weighted by Gasteiger charge is -2.27. The number of rotatable bonds is 3. The molecule has 0 radical (unpaired) electrons. The van der Waals surface area contributed by atoms with Gasteiger partial charge in [-0.25, -0.2) is 4.98 Å². The van der Waals surface area contributed by atoms with Crippen LogP contribution in [0.2, 0.25) is 0 Å². The summed E-state index contributed by atoms with van der Waals surface area (Å²) in [7, 11) is 0. The Morgan fingerprint density at radius 2 is 1.74 bits per heavy atom. The topological polar surface area (TPSA) is 50.1 Å². The number of aliphatic hydroxyl groups is 1. The fourth-order valence-corrected chi connectivity index (χ4v) is 3.61. The van der Waals surface area contributed by atoms with Crippen LogP contribution in [0.5, 0.6) is 0 Å². The molecule has 1 aliphatic carbocycles. The predicted octanol–water partition coefficient (Wildman–Crippen LogP) is 4.28. The van der Waals surface area contributed by atoms with Crippen LogP contribution in [0.3, 0.4) is 0 Å². The van der Waals surface area contributed by atoms with Crippen molar-refractivity contribution in [3.63, 3.8) is 0 Å². The minimum absolute atomic E-state index is 0.136. The van der Waals surface area contributed by atoms with Crippen LogP contribution >= 0.6 is 15.9 Å². The Balaban J connectivity index is 1.91. The second-order valence-corrected chi connectivity index (χ2v) is 7.35. The van der Waals surface area contributed by atoms with Crippen LogP contribution in [0, 0.1) is 20.8 Å². The van der Waals surface area contributed by atoms with E-state index in [1.54, 1.807) is 0 Å². The summed E-state index contributed by atoms with van der Waals surface area (Å²) >= 11 is 3.67.